The molecule has 0 fully saturated rings. The summed E-state index contributed by atoms with van der Waals surface area (Å²) in [6.07, 6.45) is 1.59. The molecule has 0 N–H and O–H groups in total. The van der Waals surface area contributed by atoms with Gasteiger partial charge in [-0.3, -0.25) is 0 Å². The van der Waals surface area contributed by atoms with Crippen LogP contribution in [0.3, 0.4) is 0 Å². The Morgan fingerprint density at radius 3 is 2.38 bits per heavy atom. The topological polar surface area (TPSA) is 30.7 Å². The van der Waals surface area contributed by atoms with Gasteiger partial charge in [0, 0.05) is 6.20 Å². The summed E-state index contributed by atoms with van der Waals surface area (Å²) in [5, 5.41) is 4.05. The predicted molar refractivity (Wildman–Crippen MR) is 60.5 cm³/mol. The molecular formula is C9H14BrN3. The van der Waals surface area contributed by atoms with Crippen LogP contribution in [0.2, 0.25) is 0 Å². The van der Waals surface area contributed by atoms with Crippen LogP contribution in [0.1, 0.15) is 25.5 Å². The predicted octanol–water partition coefficient (Wildman–Crippen LogP) is 3.08. The number of nitrogens with zero attached hydrogens (tertiary/aromatic N) is 3. The largest absolute Gasteiger partial charge is 0.220 e. The Labute approximate surface area is 87.3 Å². The molecule has 13 heavy (non-hydrogen) atoms. The third kappa shape index (κ3) is 3.14. The molecule has 72 valence electrons. The van der Waals surface area contributed by atoms with Gasteiger partial charge < -0.3 is 0 Å². The zero-order chi connectivity index (χ0) is 10.4. The van der Waals surface area contributed by atoms with Crippen LogP contribution in [-0.4, -0.2) is 14.8 Å². The Morgan fingerprint density at radius 1 is 1.54 bits per heavy atom. The van der Waals surface area contributed by atoms with Gasteiger partial charge in [0.1, 0.15) is 5.82 Å². The first-order valence-corrected chi connectivity index (χ1v) is 4.85. The van der Waals surface area contributed by atoms with Gasteiger partial charge in [0.15, 0.2) is 5.82 Å². The van der Waals surface area contributed by atoms with E-state index in [2.05, 4.69) is 39.2 Å². The second-order valence-corrected chi connectivity index (χ2v) is 2.97. The molecule has 0 unspecified atom stereocenters. The molecule has 0 atom stereocenters. The van der Waals surface area contributed by atoms with E-state index in [0.29, 0.717) is 16.1 Å². The Bertz CT molecular complexity index is 302. The molecule has 0 aliphatic heterocycles. The summed E-state index contributed by atoms with van der Waals surface area (Å²) < 4.78 is 2.28. The highest BCUT2D eigenvalue weighted by Gasteiger charge is 2.04. The van der Waals surface area contributed by atoms with Gasteiger partial charge in [-0.2, -0.15) is 5.10 Å². The first-order chi connectivity index (χ1) is 6.15. The molecule has 4 heteroatoms. The summed E-state index contributed by atoms with van der Waals surface area (Å²) in [4.78, 5) is 4.12. The van der Waals surface area contributed by atoms with Gasteiger partial charge in [-0.05, 0) is 22.9 Å². The standard InChI is InChI=1S/C7H8BrN3.C2H6/c1-4-11-7(5(2)8)9-6(3)10-11;1-2/h4H,1-2H2,3H3;1-2H3. The van der Waals surface area contributed by atoms with Gasteiger partial charge in [-0.25, -0.2) is 9.67 Å². The molecule has 0 spiro atoms. The first kappa shape index (κ1) is 12.1. The molecule has 1 heterocycles. The van der Waals surface area contributed by atoms with Crippen LogP contribution >= 0.6 is 15.9 Å². The quantitative estimate of drug-likeness (QED) is 0.800. The molecule has 0 saturated carbocycles. The molecule has 0 saturated heterocycles. The minimum atomic E-state index is 0.692. The molecule has 1 rings (SSSR count). The highest BCUT2D eigenvalue weighted by atomic mass is 79.9. The van der Waals surface area contributed by atoms with E-state index >= 15 is 0 Å². The number of aromatic nitrogens is 3. The molecule has 0 aliphatic rings. The average molecular weight is 244 g/mol. The van der Waals surface area contributed by atoms with Crippen LogP contribution < -0.4 is 0 Å². The molecular weight excluding hydrogens is 230 g/mol. The van der Waals surface area contributed by atoms with Crippen molar-refractivity contribution in [1.82, 2.24) is 14.8 Å². The smallest absolute Gasteiger partial charge is 0.169 e. The third-order valence-electron chi connectivity index (χ3n) is 1.15. The van der Waals surface area contributed by atoms with Gasteiger partial charge in [-0.15, -0.1) is 0 Å². The fraction of sp³-hybridized carbons (Fsp3) is 0.333. The van der Waals surface area contributed by atoms with E-state index in [4.69, 9.17) is 0 Å². The molecule has 3 nitrogen and oxygen atoms in total. The van der Waals surface area contributed by atoms with Crippen molar-refractivity contribution in [2.45, 2.75) is 20.8 Å². The highest BCUT2D eigenvalue weighted by Crippen LogP contribution is 2.16. The molecule has 1 aromatic rings. The van der Waals surface area contributed by atoms with Crippen LogP contribution in [0, 0.1) is 6.92 Å². The van der Waals surface area contributed by atoms with Crippen molar-refractivity contribution in [1.29, 1.82) is 0 Å². The van der Waals surface area contributed by atoms with Crippen molar-refractivity contribution in [3.63, 3.8) is 0 Å². The van der Waals surface area contributed by atoms with Gasteiger partial charge in [0.2, 0.25) is 0 Å². The first-order valence-electron chi connectivity index (χ1n) is 4.05. The van der Waals surface area contributed by atoms with Crippen LogP contribution in [0.4, 0.5) is 0 Å². The maximum atomic E-state index is 4.12. The van der Waals surface area contributed by atoms with Gasteiger partial charge in [0.25, 0.3) is 0 Å². The van der Waals surface area contributed by atoms with E-state index in [9.17, 15) is 0 Å². The molecule has 1 aromatic heterocycles. The van der Waals surface area contributed by atoms with E-state index in [1.165, 1.54) is 0 Å². The fourth-order valence-electron chi connectivity index (χ4n) is 0.742. The average Bonchev–Trinajstić information content (AvgIpc) is 2.50. The molecule has 0 amide bonds. The van der Waals surface area contributed by atoms with Crippen LogP contribution in [-0.2, 0) is 0 Å². The Kier molecular flexibility index (Phi) is 5.30. The zero-order valence-corrected chi connectivity index (χ0v) is 9.80. The van der Waals surface area contributed by atoms with E-state index < -0.39 is 0 Å². The van der Waals surface area contributed by atoms with E-state index in [-0.39, 0.29) is 0 Å². The lowest BCUT2D eigenvalue weighted by molar-refractivity contribution is 0.904. The third-order valence-corrected chi connectivity index (χ3v) is 1.51. The molecule has 0 radical (unpaired) electrons. The maximum absolute atomic E-state index is 4.12. The fourth-order valence-corrected chi connectivity index (χ4v) is 1.01. The van der Waals surface area contributed by atoms with Crippen molar-refractivity contribution in [3.05, 3.63) is 24.8 Å². The number of halogens is 1. The Morgan fingerprint density at radius 2 is 2.08 bits per heavy atom. The number of hydrogen-bond acceptors (Lipinski definition) is 2. The molecule has 0 aliphatic carbocycles. The SMILES string of the molecule is C=Cn1nc(C)nc1C(=C)Br.CC. The van der Waals surface area contributed by atoms with Crippen molar-refractivity contribution in [3.8, 4) is 0 Å². The Balaban J connectivity index is 0.000000671. The summed E-state index contributed by atoms with van der Waals surface area (Å²) >= 11 is 3.22. The van der Waals surface area contributed by atoms with Crippen LogP contribution in [0.5, 0.6) is 0 Å². The van der Waals surface area contributed by atoms with Crippen LogP contribution in [0.15, 0.2) is 13.2 Å². The normalized spacial score (nSPS) is 8.62. The second kappa shape index (κ2) is 5.70. The van der Waals surface area contributed by atoms with E-state index in [1.54, 1.807) is 10.9 Å². The highest BCUT2D eigenvalue weighted by molar-refractivity contribution is 9.15. The van der Waals surface area contributed by atoms with Gasteiger partial charge in [0.05, 0.1) is 4.48 Å². The minimum Gasteiger partial charge on any atom is -0.220 e. The zero-order valence-electron chi connectivity index (χ0n) is 8.21. The van der Waals surface area contributed by atoms with E-state index in [0.717, 1.165) is 0 Å². The second-order valence-electron chi connectivity index (χ2n) is 2.01. The summed E-state index contributed by atoms with van der Waals surface area (Å²) in [7, 11) is 0. The lowest BCUT2D eigenvalue weighted by atomic mass is 10.6. The molecule has 0 bridgehead atoms. The Hall–Kier alpha value is -0.900. The van der Waals surface area contributed by atoms with Crippen molar-refractivity contribution in [2.24, 2.45) is 0 Å². The van der Waals surface area contributed by atoms with E-state index in [1.807, 2.05) is 20.8 Å². The summed E-state index contributed by atoms with van der Waals surface area (Å²) in [5.74, 6) is 1.40. The summed E-state index contributed by atoms with van der Waals surface area (Å²) in [5.41, 5.74) is 0. The molecule has 0 aromatic carbocycles. The number of aryl methyl sites for hydroxylation is 1. The van der Waals surface area contributed by atoms with Crippen molar-refractivity contribution >= 4 is 26.6 Å². The van der Waals surface area contributed by atoms with Crippen LogP contribution in [0.25, 0.3) is 10.7 Å². The number of rotatable bonds is 2. The number of hydrogen-bond donors (Lipinski definition) is 0. The lowest BCUT2D eigenvalue weighted by Crippen LogP contribution is -1.92. The van der Waals surface area contributed by atoms with Crippen molar-refractivity contribution in [2.75, 3.05) is 0 Å². The summed E-state index contributed by atoms with van der Waals surface area (Å²) in [6, 6.07) is 0. The van der Waals surface area contributed by atoms with Crippen molar-refractivity contribution < 1.29 is 0 Å². The monoisotopic (exact) mass is 243 g/mol. The summed E-state index contributed by atoms with van der Waals surface area (Å²) in [6.45, 7) is 13.1. The maximum Gasteiger partial charge on any atom is 0.169 e. The van der Waals surface area contributed by atoms with Gasteiger partial charge in [-0.1, -0.05) is 27.0 Å². The van der Waals surface area contributed by atoms with Gasteiger partial charge >= 0.3 is 0 Å². The minimum absolute atomic E-state index is 0.692. The lowest BCUT2D eigenvalue weighted by Gasteiger charge is -1.94.